The van der Waals surface area contributed by atoms with Gasteiger partial charge in [0, 0.05) is 44.9 Å². The molecular formula is C22H39IN4O. The van der Waals surface area contributed by atoms with Crippen molar-refractivity contribution in [3.63, 3.8) is 0 Å². The first kappa shape index (κ1) is 25.2. The zero-order valence-corrected chi connectivity index (χ0v) is 20.4. The number of aliphatic imine (C=N–C) groups is 1. The van der Waals surface area contributed by atoms with Crippen molar-refractivity contribution in [3.05, 3.63) is 35.9 Å². The molecule has 2 N–H and O–H groups in total. The maximum absolute atomic E-state index is 5.65. The highest BCUT2D eigenvalue weighted by molar-refractivity contribution is 14.0. The number of hydrogen-bond donors (Lipinski definition) is 2. The van der Waals surface area contributed by atoms with Crippen LogP contribution in [0, 0.1) is 0 Å². The Kier molecular flexibility index (Phi) is 12.0. The van der Waals surface area contributed by atoms with Crippen molar-refractivity contribution in [2.24, 2.45) is 4.99 Å². The smallest absolute Gasteiger partial charge is 0.193 e. The van der Waals surface area contributed by atoms with Crippen molar-refractivity contribution < 1.29 is 4.74 Å². The molecule has 1 aromatic carbocycles. The molecule has 160 valence electrons. The molecule has 0 saturated carbocycles. The van der Waals surface area contributed by atoms with Gasteiger partial charge in [-0.25, -0.2) is 0 Å². The van der Waals surface area contributed by atoms with Gasteiger partial charge in [-0.3, -0.25) is 4.99 Å². The number of unbranched alkanes of at least 4 members (excludes halogenated alkanes) is 1. The van der Waals surface area contributed by atoms with Crippen molar-refractivity contribution in [1.82, 2.24) is 15.5 Å². The fourth-order valence-electron chi connectivity index (χ4n) is 3.59. The summed E-state index contributed by atoms with van der Waals surface area (Å²) in [6.45, 7) is 10.9. The number of benzene rings is 1. The summed E-state index contributed by atoms with van der Waals surface area (Å²) >= 11 is 0. The highest BCUT2D eigenvalue weighted by Crippen LogP contribution is 2.26. The van der Waals surface area contributed by atoms with Crippen molar-refractivity contribution in [1.29, 1.82) is 0 Å². The molecule has 1 aliphatic heterocycles. The van der Waals surface area contributed by atoms with Crippen LogP contribution >= 0.6 is 24.0 Å². The lowest BCUT2D eigenvalue weighted by Crippen LogP contribution is -2.53. The van der Waals surface area contributed by atoms with E-state index in [1.807, 2.05) is 0 Å². The van der Waals surface area contributed by atoms with Crippen LogP contribution in [0.15, 0.2) is 35.3 Å². The number of nitrogens with zero attached hydrogens (tertiary/aromatic N) is 2. The van der Waals surface area contributed by atoms with E-state index in [0.717, 1.165) is 51.6 Å². The van der Waals surface area contributed by atoms with E-state index in [1.54, 1.807) is 0 Å². The van der Waals surface area contributed by atoms with Crippen LogP contribution < -0.4 is 10.6 Å². The Morgan fingerprint density at radius 3 is 2.50 bits per heavy atom. The quantitative estimate of drug-likeness (QED) is 0.302. The first-order chi connectivity index (χ1) is 13.1. The highest BCUT2D eigenvalue weighted by Gasteiger charge is 2.34. The van der Waals surface area contributed by atoms with Crippen molar-refractivity contribution >= 4 is 29.9 Å². The third kappa shape index (κ3) is 7.87. The molecule has 1 heterocycles. The monoisotopic (exact) mass is 502 g/mol. The van der Waals surface area contributed by atoms with Gasteiger partial charge in [0.05, 0.1) is 6.54 Å². The Bertz CT molecular complexity index is 561. The molecule has 1 aliphatic rings. The third-order valence-corrected chi connectivity index (χ3v) is 5.35. The molecule has 0 aliphatic carbocycles. The van der Waals surface area contributed by atoms with E-state index in [4.69, 9.17) is 9.73 Å². The summed E-state index contributed by atoms with van der Waals surface area (Å²) in [7, 11) is 2.13. The second kappa shape index (κ2) is 13.4. The van der Waals surface area contributed by atoms with Gasteiger partial charge in [-0.05, 0) is 38.7 Å². The molecule has 1 saturated heterocycles. The van der Waals surface area contributed by atoms with Gasteiger partial charge >= 0.3 is 0 Å². The minimum Gasteiger partial charge on any atom is -0.381 e. The molecule has 0 aromatic heterocycles. The average molecular weight is 502 g/mol. The Morgan fingerprint density at radius 2 is 1.89 bits per heavy atom. The molecule has 1 atom stereocenters. The standard InChI is InChI=1S/C22H38N4O.HI/c1-5-7-15-26(4)21(23-6-2)24-18-22(13-16-27-17-14-22)25-19(3)20-11-9-8-10-12-20;/h8-12,19,25H,5-7,13-18H2,1-4H3,(H,23,24);1H. The first-order valence-electron chi connectivity index (χ1n) is 10.5. The Labute approximate surface area is 188 Å². The summed E-state index contributed by atoms with van der Waals surface area (Å²) in [4.78, 5) is 7.27. The number of rotatable bonds is 9. The zero-order valence-electron chi connectivity index (χ0n) is 18.0. The van der Waals surface area contributed by atoms with Crippen LogP contribution in [0.25, 0.3) is 0 Å². The fraction of sp³-hybridized carbons (Fsp3) is 0.682. The second-order valence-electron chi connectivity index (χ2n) is 7.61. The Balaban J connectivity index is 0.00000392. The molecule has 6 heteroatoms. The van der Waals surface area contributed by atoms with Crippen LogP contribution in [0.1, 0.15) is 58.1 Å². The number of hydrogen-bond acceptors (Lipinski definition) is 3. The lowest BCUT2D eigenvalue weighted by Gasteiger charge is -2.40. The van der Waals surface area contributed by atoms with Gasteiger partial charge < -0.3 is 20.3 Å². The summed E-state index contributed by atoms with van der Waals surface area (Å²) in [6.07, 6.45) is 4.36. The largest absolute Gasteiger partial charge is 0.381 e. The van der Waals surface area contributed by atoms with E-state index >= 15 is 0 Å². The van der Waals surface area contributed by atoms with Crippen LogP contribution in [0.2, 0.25) is 0 Å². The number of ether oxygens (including phenoxy) is 1. The summed E-state index contributed by atoms with van der Waals surface area (Å²) in [6, 6.07) is 11.0. The van der Waals surface area contributed by atoms with Gasteiger partial charge in [-0.2, -0.15) is 0 Å². The topological polar surface area (TPSA) is 48.9 Å². The molecular weight excluding hydrogens is 463 g/mol. The molecule has 1 unspecified atom stereocenters. The van der Waals surface area contributed by atoms with E-state index in [2.05, 4.69) is 73.7 Å². The van der Waals surface area contributed by atoms with Gasteiger partial charge in [-0.15, -0.1) is 24.0 Å². The lowest BCUT2D eigenvalue weighted by molar-refractivity contribution is 0.0373. The zero-order chi connectivity index (χ0) is 19.5. The van der Waals surface area contributed by atoms with Crippen molar-refractivity contribution in [3.8, 4) is 0 Å². The minimum absolute atomic E-state index is 0. The summed E-state index contributed by atoms with van der Waals surface area (Å²) in [5.74, 6) is 1.01. The predicted molar refractivity (Wildman–Crippen MR) is 130 cm³/mol. The van der Waals surface area contributed by atoms with Crippen LogP contribution in [-0.2, 0) is 4.74 Å². The van der Waals surface area contributed by atoms with E-state index in [9.17, 15) is 0 Å². The second-order valence-corrected chi connectivity index (χ2v) is 7.61. The molecule has 0 radical (unpaired) electrons. The molecule has 2 rings (SSSR count). The van der Waals surface area contributed by atoms with Gasteiger partial charge in [0.25, 0.3) is 0 Å². The maximum Gasteiger partial charge on any atom is 0.193 e. The molecule has 1 fully saturated rings. The van der Waals surface area contributed by atoms with Gasteiger partial charge in [-0.1, -0.05) is 43.7 Å². The number of halogens is 1. The summed E-state index contributed by atoms with van der Waals surface area (Å²) < 4.78 is 5.65. The van der Waals surface area contributed by atoms with E-state index in [1.165, 1.54) is 18.4 Å². The molecule has 0 spiro atoms. The highest BCUT2D eigenvalue weighted by atomic mass is 127. The van der Waals surface area contributed by atoms with E-state index in [0.29, 0.717) is 6.04 Å². The summed E-state index contributed by atoms with van der Waals surface area (Å²) in [5.41, 5.74) is 1.30. The van der Waals surface area contributed by atoms with Crippen LogP contribution in [0.3, 0.4) is 0 Å². The van der Waals surface area contributed by atoms with Crippen molar-refractivity contribution in [2.75, 3.05) is 39.9 Å². The normalized spacial score (nSPS) is 17.5. The van der Waals surface area contributed by atoms with E-state index in [-0.39, 0.29) is 29.5 Å². The number of guanidine groups is 1. The Morgan fingerprint density at radius 1 is 1.21 bits per heavy atom. The third-order valence-electron chi connectivity index (χ3n) is 5.35. The van der Waals surface area contributed by atoms with Gasteiger partial charge in [0.2, 0.25) is 0 Å². The predicted octanol–water partition coefficient (Wildman–Crippen LogP) is 4.20. The Hall–Kier alpha value is -0.860. The summed E-state index contributed by atoms with van der Waals surface area (Å²) in [5, 5.41) is 7.34. The van der Waals surface area contributed by atoms with Crippen molar-refractivity contribution in [2.45, 2.75) is 58.0 Å². The van der Waals surface area contributed by atoms with Crippen LogP contribution in [0.4, 0.5) is 0 Å². The molecule has 5 nitrogen and oxygen atoms in total. The van der Waals surface area contributed by atoms with Crippen LogP contribution in [0.5, 0.6) is 0 Å². The van der Waals surface area contributed by atoms with E-state index < -0.39 is 0 Å². The SMILES string of the molecule is CCCCN(C)C(=NCC1(NC(C)c2ccccc2)CCOCC1)NCC.I. The lowest BCUT2D eigenvalue weighted by atomic mass is 9.88. The van der Waals surface area contributed by atoms with Gasteiger partial charge in [0.1, 0.15) is 0 Å². The minimum atomic E-state index is -0.0141. The van der Waals surface area contributed by atoms with Gasteiger partial charge in [0.15, 0.2) is 5.96 Å². The molecule has 1 aromatic rings. The molecule has 0 amide bonds. The van der Waals surface area contributed by atoms with Crippen LogP contribution in [-0.4, -0.2) is 56.3 Å². The molecule has 28 heavy (non-hydrogen) atoms. The average Bonchev–Trinajstić information content (AvgIpc) is 2.70. The fourth-order valence-corrected chi connectivity index (χ4v) is 3.59. The first-order valence-corrected chi connectivity index (χ1v) is 10.5. The molecule has 0 bridgehead atoms. The number of nitrogens with one attached hydrogen (secondary N) is 2. The maximum atomic E-state index is 5.65.